The number of aliphatic imine (C=N–C) groups is 1. The average Bonchev–Trinajstić information content (AvgIpc) is 2.85. The van der Waals surface area contributed by atoms with Crippen LogP contribution in [-0.4, -0.2) is 11.6 Å². The summed E-state index contributed by atoms with van der Waals surface area (Å²) in [5.41, 5.74) is 3.24. The molecule has 6 heteroatoms. The van der Waals surface area contributed by atoms with Gasteiger partial charge in [0.1, 0.15) is 0 Å². The van der Waals surface area contributed by atoms with Crippen LogP contribution in [0.4, 0.5) is 24.5 Å². The molecule has 3 aromatic rings. The Morgan fingerprint density at radius 2 is 1.70 bits per heavy atom. The molecule has 1 N–H and O–H groups in total. The van der Waals surface area contributed by atoms with Gasteiger partial charge in [0.2, 0.25) is 5.91 Å². The van der Waals surface area contributed by atoms with Gasteiger partial charge in [-0.15, -0.1) is 0 Å². The SMILES string of the molecule is Cc1cc2c(cc1C(F)(F)F)NC(=O)CC(c1cccc(Cc3ccccc3)c1)=N2. The monoisotopic (exact) mass is 408 g/mol. The molecule has 0 fully saturated rings. The van der Waals surface area contributed by atoms with Crippen LogP contribution < -0.4 is 5.32 Å². The Bertz CT molecular complexity index is 1130. The maximum atomic E-state index is 13.2. The molecule has 0 unspecified atom stereocenters. The molecule has 1 aliphatic rings. The first-order chi connectivity index (χ1) is 14.3. The first kappa shape index (κ1) is 19.9. The van der Waals surface area contributed by atoms with Crippen LogP contribution in [0.2, 0.25) is 0 Å². The van der Waals surface area contributed by atoms with E-state index in [1.165, 1.54) is 13.0 Å². The molecule has 152 valence electrons. The number of hydrogen-bond donors (Lipinski definition) is 1. The van der Waals surface area contributed by atoms with E-state index in [4.69, 9.17) is 0 Å². The van der Waals surface area contributed by atoms with Crippen molar-refractivity contribution in [2.75, 3.05) is 5.32 Å². The number of halogens is 3. The molecule has 1 aliphatic heterocycles. The number of benzene rings is 3. The van der Waals surface area contributed by atoms with Crippen LogP contribution in [0.15, 0.2) is 71.7 Å². The van der Waals surface area contributed by atoms with E-state index >= 15 is 0 Å². The lowest BCUT2D eigenvalue weighted by Gasteiger charge is -2.13. The van der Waals surface area contributed by atoms with Gasteiger partial charge < -0.3 is 5.32 Å². The van der Waals surface area contributed by atoms with Crippen LogP contribution in [-0.2, 0) is 17.4 Å². The first-order valence-electron chi connectivity index (χ1n) is 9.52. The van der Waals surface area contributed by atoms with Gasteiger partial charge >= 0.3 is 6.18 Å². The van der Waals surface area contributed by atoms with Crippen LogP contribution in [0, 0.1) is 6.92 Å². The molecule has 0 bridgehead atoms. The molecule has 0 spiro atoms. The van der Waals surface area contributed by atoms with Gasteiger partial charge in [-0.2, -0.15) is 13.2 Å². The Balaban J connectivity index is 1.72. The minimum Gasteiger partial charge on any atom is -0.324 e. The zero-order valence-electron chi connectivity index (χ0n) is 16.3. The maximum Gasteiger partial charge on any atom is 0.416 e. The van der Waals surface area contributed by atoms with Gasteiger partial charge in [-0.1, -0.05) is 48.5 Å². The zero-order chi connectivity index (χ0) is 21.3. The molecule has 0 saturated carbocycles. The lowest BCUT2D eigenvalue weighted by molar-refractivity contribution is -0.138. The molecule has 0 radical (unpaired) electrons. The minimum atomic E-state index is -4.49. The molecule has 0 aliphatic carbocycles. The summed E-state index contributed by atoms with van der Waals surface area (Å²) in [4.78, 5) is 16.9. The first-order valence-corrected chi connectivity index (χ1v) is 9.52. The molecular weight excluding hydrogens is 389 g/mol. The number of rotatable bonds is 3. The average molecular weight is 408 g/mol. The van der Waals surface area contributed by atoms with Crippen LogP contribution in [0.1, 0.15) is 34.2 Å². The summed E-state index contributed by atoms with van der Waals surface area (Å²) < 4.78 is 39.7. The predicted molar refractivity (Wildman–Crippen MR) is 111 cm³/mol. The van der Waals surface area contributed by atoms with E-state index in [0.717, 1.165) is 29.2 Å². The number of hydrogen-bond acceptors (Lipinski definition) is 2. The van der Waals surface area contributed by atoms with Crippen molar-refractivity contribution < 1.29 is 18.0 Å². The van der Waals surface area contributed by atoms with E-state index in [0.29, 0.717) is 11.4 Å². The highest BCUT2D eigenvalue weighted by Crippen LogP contribution is 2.39. The summed E-state index contributed by atoms with van der Waals surface area (Å²) in [6.07, 6.45) is -3.77. The lowest BCUT2D eigenvalue weighted by Crippen LogP contribution is -2.15. The van der Waals surface area contributed by atoms with Gasteiger partial charge in [0.05, 0.1) is 29.1 Å². The Kier molecular flexibility index (Phi) is 5.16. The molecule has 4 rings (SSSR count). The van der Waals surface area contributed by atoms with Gasteiger partial charge in [-0.3, -0.25) is 9.79 Å². The van der Waals surface area contributed by atoms with E-state index in [1.54, 1.807) is 0 Å². The predicted octanol–water partition coefficient (Wildman–Crippen LogP) is 6.07. The third kappa shape index (κ3) is 4.27. The van der Waals surface area contributed by atoms with Crippen LogP contribution in [0.3, 0.4) is 0 Å². The quantitative estimate of drug-likeness (QED) is 0.562. The van der Waals surface area contributed by atoms with Crippen molar-refractivity contribution in [3.8, 4) is 0 Å². The fourth-order valence-electron chi connectivity index (χ4n) is 3.58. The summed E-state index contributed by atoms with van der Waals surface area (Å²) in [6, 6.07) is 20.1. The Hall–Kier alpha value is -3.41. The highest BCUT2D eigenvalue weighted by atomic mass is 19.4. The van der Waals surface area contributed by atoms with E-state index in [2.05, 4.69) is 10.3 Å². The molecule has 1 heterocycles. The Morgan fingerprint density at radius 3 is 2.43 bits per heavy atom. The summed E-state index contributed by atoms with van der Waals surface area (Å²) in [7, 11) is 0. The van der Waals surface area contributed by atoms with Gasteiger partial charge in [0, 0.05) is 0 Å². The second-order valence-corrected chi connectivity index (χ2v) is 7.33. The molecule has 3 nitrogen and oxygen atoms in total. The Labute approximate surface area is 172 Å². The standard InChI is InChI=1S/C24H19F3N2O/c1-15-10-21-22(13-19(15)24(25,26)27)29-23(30)14-20(28-21)18-9-5-8-17(12-18)11-16-6-3-2-4-7-16/h2-10,12-13H,11,14H2,1H3,(H,29,30). The van der Waals surface area contributed by atoms with Crippen molar-refractivity contribution in [3.63, 3.8) is 0 Å². The normalized spacial score (nSPS) is 13.9. The molecule has 0 atom stereocenters. The molecule has 1 amide bonds. The number of carbonyl (C=O) groups is 1. The second-order valence-electron chi connectivity index (χ2n) is 7.33. The molecule has 30 heavy (non-hydrogen) atoms. The summed E-state index contributed by atoms with van der Waals surface area (Å²) >= 11 is 0. The second kappa shape index (κ2) is 7.78. The Morgan fingerprint density at radius 1 is 0.967 bits per heavy atom. The van der Waals surface area contributed by atoms with Gasteiger partial charge in [0.25, 0.3) is 0 Å². The van der Waals surface area contributed by atoms with Crippen molar-refractivity contribution in [1.29, 1.82) is 0 Å². The van der Waals surface area contributed by atoms with Crippen LogP contribution >= 0.6 is 0 Å². The van der Waals surface area contributed by atoms with E-state index in [-0.39, 0.29) is 17.7 Å². The van der Waals surface area contributed by atoms with Crippen molar-refractivity contribution in [2.45, 2.75) is 25.9 Å². The highest BCUT2D eigenvalue weighted by Gasteiger charge is 2.34. The van der Waals surface area contributed by atoms with E-state index < -0.39 is 17.6 Å². The third-order valence-corrected chi connectivity index (χ3v) is 5.02. The minimum absolute atomic E-state index is 0.0101. The van der Waals surface area contributed by atoms with Gasteiger partial charge in [0.15, 0.2) is 0 Å². The fraction of sp³-hybridized carbons (Fsp3) is 0.167. The number of alkyl halides is 3. The number of carbonyl (C=O) groups excluding carboxylic acids is 1. The number of amides is 1. The molecule has 0 aromatic heterocycles. The van der Waals surface area contributed by atoms with E-state index in [9.17, 15) is 18.0 Å². The van der Waals surface area contributed by atoms with Crippen molar-refractivity contribution in [2.24, 2.45) is 4.99 Å². The number of aryl methyl sites for hydroxylation is 1. The molecular formula is C24H19F3N2O. The maximum absolute atomic E-state index is 13.2. The summed E-state index contributed by atoms with van der Waals surface area (Å²) in [5, 5.41) is 2.56. The third-order valence-electron chi connectivity index (χ3n) is 5.02. The topological polar surface area (TPSA) is 41.5 Å². The van der Waals surface area contributed by atoms with Gasteiger partial charge in [-0.25, -0.2) is 0 Å². The molecule has 3 aromatic carbocycles. The van der Waals surface area contributed by atoms with E-state index in [1.807, 2.05) is 54.6 Å². The van der Waals surface area contributed by atoms with Crippen LogP contribution in [0.5, 0.6) is 0 Å². The van der Waals surface area contributed by atoms with Crippen molar-refractivity contribution in [1.82, 2.24) is 0 Å². The fourth-order valence-corrected chi connectivity index (χ4v) is 3.58. The number of nitrogens with one attached hydrogen (secondary N) is 1. The summed E-state index contributed by atoms with van der Waals surface area (Å²) in [6.45, 7) is 1.39. The van der Waals surface area contributed by atoms with Crippen LogP contribution in [0.25, 0.3) is 0 Å². The zero-order valence-corrected chi connectivity index (χ0v) is 16.3. The van der Waals surface area contributed by atoms with Gasteiger partial charge in [-0.05, 0) is 53.8 Å². The lowest BCUT2D eigenvalue weighted by atomic mass is 9.99. The van der Waals surface area contributed by atoms with Crippen molar-refractivity contribution >= 4 is 23.0 Å². The van der Waals surface area contributed by atoms with Crippen molar-refractivity contribution in [3.05, 3.63) is 94.5 Å². The number of anilines is 1. The smallest absolute Gasteiger partial charge is 0.324 e. The highest BCUT2D eigenvalue weighted by molar-refractivity contribution is 6.17. The largest absolute Gasteiger partial charge is 0.416 e. The number of fused-ring (bicyclic) bond motifs is 1. The summed E-state index contributed by atoms with van der Waals surface area (Å²) in [5.74, 6) is -0.391. The molecule has 0 saturated heterocycles. The number of nitrogens with zero attached hydrogens (tertiary/aromatic N) is 1.